The van der Waals surface area contributed by atoms with Crippen molar-refractivity contribution in [2.75, 3.05) is 13.2 Å². The summed E-state index contributed by atoms with van der Waals surface area (Å²) in [5.74, 6) is 0.259. The number of nitriles is 1. The van der Waals surface area contributed by atoms with Crippen LogP contribution in [-0.2, 0) is 0 Å². The highest BCUT2D eigenvalue weighted by molar-refractivity contribution is 5.93. The summed E-state index contributed by atoms with van der Waals surface area (Å²) in [5.41, 5.74) is 2.69. The first kappa shape index (κ1) is 19.3. The van der Waals surface area contributed by atoms with Crippen molar-refractivity contribution in [3.8, 4) is 17.6 Å². The number of benzene rings is 1. The molecule has 1 aromatic carbocycles. The zero-order valence-electron chi connectivity index (χ0n) is 14.3. The molecule has 1 heterocycles. The van der Waals surface area contributed by atoms with E-state index in [1.54, 1.807) is 18.2 Å². The van der Waals surface area contributed by atoms with Crippen LogP contribution in [0.1, 0.15) is 23.0 Å². The van der Waals surface area contributed by atoms with E-state index in [4.69, 9.17) is 14.7 Å². The van der Waals surface area contributed by atoms with E-state index >= 15 is 0 Å². The molecule has 1 aromatic heterocycles. The molecule has 1 N–H and O–H groups in total. The number of nitrogens with zero attached hydrogens (tertiary/aromatic N) is 4. The van der Waals surface area contributed by atoms with E-state index in [1.165, 1.54) is 18.3 Å². The molecule has 2 aromatic rings. The van der Waals surface area contributed by atoms with Crippen LogP contribution in [0.2, 0.25) is 0 Å². The van der Waals surface area contributed by atoms with Gasteiger partial charge in [0.1, 0.15) is 18.0 Å². The van der Waals surface area contributed by atoms with Gasteiger partial charge >= 0.3 is 0 Å². The number of hydrogen-bond acceptors (Lipinski definition) is 8. The van der Waals surface area contributed by atoms with Gasteiger partial charge in [-0.2, -0.15) is 10.4 Å². The first-order valence-corrected chi connectivity index (χ1v) is 7.75. The van der Waals surface area contributed by atoms with Gasteiger partial charge in [0.05, 0.1) is 17.7 Å². The molecule has 27 heavy (non-hydrogen) atoms. The van der Waals surface area contributed by atoms with Crippen LogP contribution in [0.3, 0.4) is 0 Å². The summed E-state index contributed by atoms with van der Waals surface area (Å²) in [6, 6.07) is 9.24. The molecule has 10 heteroatoms. The Morgan fingerprint density at radius 1 is 1.37 bits per heavy atom. The molecule has 0 aliphatic rings. The highest BCUT2D eigenvalue weighted by atomic mass is 16.6. The van der Waals surface area contributed by atoms with Crippen molar-refractivity contribution in [1.82, 2.24) is 10.4 Å². The molecule has 10 nitrogen and oxygen atoms in total. The third-order valence-corrected chi connectivity index (χ3v) is 3.13. The monoisotopic (exact) mass is 369 g/mol. The van der Waals surface area contributed by atoms with Gasteiger partial charge in [0.25, 0.3) is 11.6 Å². The largest absolute Gasteiger partial charge is 0.490 e. The Labute approximate surface area is 154 Å². The van der Waals surface area contributed by atoms with Crippen LogP contribution >= 0.6 is 0 Å². The summed E-state index contributed by atoms with van der Waals surface area (Å²) in [6.07, 6.45) is 2.38. The Morgan fingerprint density at radius 3 is 2.81 bits per heavy atom. The average Bonchev–Trinajstić information content (AvgIpc) is 2.67. The van der Waals surface area contributed by atoms with Crippen LogP contribution < -0.4 is 14.9 Å². The molecule has 0 bridgehead atoms. The lowest BCUT2D eigenvalue weighted by atomic mass is 10.2. The molecule has 1 amide bonds. The smallest absolute Gasteiger partial charge is 0.289 e. The molecule has 0 saturated heterocycles. The number of hydrazone groups is 1. The molecule has 0 aliphatic carbocycles. The van der Waals surface area contributed by atoms with Crippen molar-refractivity contribution < 1.29 is 19.2 Å². The first-order chi connectivity index (χ1) is 13.0. The number of nitrogens with one attached hydrogen (secondary N) is 1. The fourth-order valence-corrected chi connectivity index (χ4v) is 1.95. The van der Waals surface area contributed by atoms with E-state index in [2.05, 4.69) is 15.5 Å². The van der Waals surface area contributed by atoms with Gasteiger partial charge in [-0.15, -0.1) is 0 Å². The van der Waals surface area contributed by atoms with Gasteiger partial charge in [0.2, 0.25) is 0 Å². The number of amides is 1. The Kier molecular flexibility index (Phi) is 6.78. The van der Waals surface area contributed by atoms with Crippen molar-refractivity contribution in [2.45, 2.75) is 6.92 Å². The van der Waals surface area contributed by atoms with E-state index in [0.29, 0.717) is 23.7 Å². The summed E-state index contributed by atoms with van der Waals surface area (Å²) >= 11 is 0. The van der Waals surface area contributed by atoms with Crippen molar-refractivity contribution in [2.24, 2.45) is 5.10 Å². The summed E-state index contributed by atoms with van der Waals surface area (Å²) in [7, 11) is 0. The van der Waals surface area contributed by atoms with E-state index in [1.807, 2.05) is 13.0 Å². The third-order valence-electron chi connectivity index (χ3n) is 3.13. The zero-order valence-corrected chi connectivity index (χ0v) is 14.3. The fraction of sp³-hybridized carbons (Fsp3) is 0.176. The van der Waals surface area contributed by atoms with Crippen molar-refractivity contribution in [3.63, 3.8) is 0 Å². The number of carbonyl (C=O) groups is 1. The Balaban J connectivity index is 2.04. The van der Waals surface area contributed by atoms with Crippen LogP contribution in [0.5, 0.6) is 11.5 Å². The molecule has 0 fully saturated rings. The molecule has 0 radical (unpaired) electrons. The van der Waals surface area contributed by atoms with Crippen LogP contribution in [-0.4, -0.2) is 35.2 Å². The van der Waals surface area contributed by atoms with Gasteiger partial charge in [0, 0.05) is 6.07 Å². The average molecular weight is 369 g/mol. The Hall–Kier alpha value is -4.00. The first-order valence-electron chi connectivity index (χ1n) is 7.75. The van der Waals surface area contributed by atoms with Crippen LogP contribution in [0.4, 0.5) is 5.69 Å². The quantitative estimate of drug-likeness (QED) is 0.426. The number of pyridine rings is 1. The summed E-state index contributed by atoms with van der Waals surface area (Å²) < 4.78 is 10.7. The van der Waals surface area contributed by atoms with Gasteiger partial charge in [-0.05, 0) is 36.8 Å². The Morgan fingerprint density at radius 2 is 2.19 bits per heavy atom. The standard InChI is InChI=1S/C17H15N5O5/c1-2-26-16-9-12(3-6-15(16)27-8-7-18)10-20-21-17(23)14-5-4-13(11-19-14)22(24)25/h3-6,9-11H,2,8H2,1H3,(H,21,23)/b20-10-. The van der Waals surface area contributed by atoms with Crippen molar-refractivity contribution in [3.05, 3.63) is 57.9 Å². The van der Waals surface area contributed by atoms with Gasteiger partial charge in [-0.1, -0.05) is 0 Å². The maximum atomic E-state index is 11.9. The number of ether oxygens (including phenoxy) is 2. The molecule has 0 aliphatic heterocycles. The normalized spacial score (nSPS) is 10.2. The minimum absolute atomic E-state index is 0.00648. The van der Waals surface area contributed by atoms with E-state index in [-0.39, 0.29) is 18.0 Å². The molecule has 138 valence electrons. The second kappa shape index (κ2) is 9.47. The highest BCUT2D eigenvalue weighted by Crippen LogP contribution is 2.27. The number of rotatable bonds is 8. The molecular formula is C17H15N5O5. The molecule has 2 rings (SSSR count). The van der Waals surface area contributed by atoms with Gasteiger partial charge in [-0.25, -0.2) is 10.4 Å². The lowest BCUT2D eigenvalue weighted by molar-refractivity contribution is -0.385. The van der Waals surface area contributed by atoms with Gasteiger partial charge < -0.3 is 9.47 Å². The number of nitro groups is 1. The molecule has 0 saturated carbocycles. The minimum atomic E-state index is -0.611. The second-order valence-electron chi connectivity index (χ2n) is 4.94. The molecule has 0 unspecified atom stereocenters. The third kappa shape index (κ3) is 5.50. The Bertz CT molecular complexity index is 890. The predicted octanol–water partition coefficient (Wildman–Crippen LogP) is 2.05. The highest BCUT2D eigenvalue weighted by Gasteiger charge is 2.10. The van der Waals surface area contributed by atoms with Gasteiger partial charge in [-0.3, -0.25) is 14.9 Å². The van der Waals surface area contributed by atoms with Crippen molar-refractivity contribution in [1.29, 1.82) is 5.26 Å². The zero-order chi connectivity index (χ0) is 19.6. The number of carbonyl (C=O) groups excluding carboxylic acids is 1. The van der Waals surface area contributed by atoms with E-state index in [0.717, 1.165) is 6.20 Å². The number of hydrogen-bond donors (Lipinski definition) is 1. The fourth-order valence-electron chi connectivity index (χ4n) is 1.95. The van der Waals surface area contributed by atoms with E-state index < -0.39 is 10.8 Å². The second-order valence-corrected chi connectivity index (χ2v) is 4.94. The number of aromatic nitrogens is 1. The predicted molar refractivity (Wildman–Crippen MR) is 94.7 cm³/mol. The maximum Gasteiger partial charge on any atom is 0.289 e. The molecule has 0 spiro atoms. The SMILES string of the molecule is CCOc1cc(/C=N\NC(=O)c2ccc([N+](=O)[O-])cn2)ccc1OCC#N. The molecule has 0 atom stereocenters. The summed E-state index contributed by atoms with van der Waals surface area (Å²) in [5, 5.41) is 23.0. The maximum absolute atomic E-state index is 11.9. The lowest BCUT2D eigenvalue weighted by Gasteiger charge is -2.10. The van der Waals surface area contributed by atoms with E-state index in [9.17, 15) is 14.9 Å². The molecular weight excluding hydrogens is 354 g/mol. The minimum Gasteiger partial charge on any atom is -0.490 e. The summed E-state index contributed by atoms with van der Waals surface area (Å²) in [4.78, 5) is 25.6. The van der Waals surface area contributed by atoms with Crippen LogP contribution in [0.15, 0.2) is 41.6 Å². The topological polar surface area (TPSA) is 140 Å². The lowest BCUT2D eigenvalue weighted by Crippen LogP contribution is -2.18. The van der Waals surface area contributed by atoms with Crippen molar-refractivity contribution >= 4 is 17.8 Å². The van der Waals surface area contributed by atoms with Crippen LogP contribution in [0, 0.1) is 21.4 Å². The van der Waals surface area contributed by atoms with Gasteiger partial charge in [0.15, 0.2) is 18.1 Å². The summed E-state index contributed by atoms with van der Waals surface area (Å²) in [6.45, 7) is 2.12. The van der Waals surface area contributed by atoms with Crippen LogP contribution in [0.25, 0.3) is 0 Å².